The van der Waals surface area contributed by atoms with Crippen LogP contribution >= 0.6 is 0 Å². The monoisotopic (exact) mass is 285 g/mol. The number of rotatable bonds is 4. The van der Waals surface area contributed by atoms with Crippen molar-refractivity contribution in [1.29, 1.82) is 0 Å². The van der Waals surface area contributed by atoms with Crippen LogP contribution in [0.1, 0.15) is 31.9 Å². The lowest BCUT2D eigenvalue weighted by Crippen LogP contribution is -2.37. The first-order chi connectivity index (χ1) is 10.1. The molecular formula is C18H23NO2. The summed E-state index contributed by atoms with van der Waals surface area (Å²) in [5.41, 5.74) is 1.11. The maximum atomic E-state index is 12.6. The average Bonchev–Trinajstić information content (AvgIpc) is 3.08. The molecule has 2 bridgehead atoms. The zero-order valence-electron chi connectivity index (χ0n) is 12.9. The minimum Gasteiger partial charge on any atom is -0.497 e. The molecule has 3 heteroatoms. The first-order valence-corrected chi connectivity index (χ1v) is 7.73. The summed E-state index contributed by atoms with van der Waals surface area (Å²) in [5, 5.41) is 3.18. The minimum atomic E-state index is 0.0266. The van der Waals surface area contributed by atoms with Crippen LogP contribution in [0.25, 0.3) is 0 Å². The van der Waals surface area contributed by atoms with Gasteiger partial charge in [0.1, 0.15) is 5.75 Å². The van der Waals surface area contributed by atoms with E-state index in [0.29, 0.717) is 17.8 Å². The lowest BCUT2D eigenvalue weighted by atomic mass is 9.83. The fourth-order valence-corrected chi connectivity index (χ4v) is 3.79. The van der Waals surface area contributed by atoms with E-state index >= 15 is 0 Å². The molecule has 0 radical (unpaired) electrons. The van der Waals surface area contributed by atoms with Crippen LogP contribution in [0.5, 0.6) is 5.75 Å². The summed E-state index contributed by atoms with van der Waals surface area (Å²) in [7, 11) is 1.66. The number of methoxy groups -OCH3 is 1. The van der Waals surface area contributed by atoms with Crippen LogP contribution in [-0.2, 0) is 4.79 Å². The largest absolute Gasteiger partial charge is 0.497 e. The van der Waals surface area contributed by atoms with Gasteiger partial charge in [-0.2, -0.15) is 0 Å². The summed E-state index contributed by atoms with van der Waals surface area (Å²) in [4.78, 5) is 12.6. The standard InChI is InChI=1S/C18H23NO2/c1-11-14-4-5-15(10-14)17(11)18(20)19-12(2)13-6-8-16(21-3)9-7-13/h4-9,11-12,14-15,17H,10H2,1-3H3,(H,19,20)/t11-,12-,14+,15-,17-/m1/s1. The molecule has 112 valence electrons. The van der Waals surface area contributed by atoms with Crippen LogP contribution < -0.4 is 10.1 Å². The lowest BCUT2D eigenvalue weighted by molar-refractivity contribution is -0.127. The number of nitrogens with one attached hydrogen (secondary N) is 1. The molecule has 5 atom stereocenters. The number of hydrogen-bond donors (Lipinski definition) is 1. The molecule has 3 nitrogen and oxygen atoms in total. The summed E-state index contributed by atoms with van der Waals surface area (Å²) in [6, 6.07) is 7.91. The van der Waals surface area contributed by atoms with Crippen molar-refractivity contribution < 1.29 is 9.53 Å². The molecule has 3 rings (SSSR count). The van der Waals surface area contributed by atoms with Gasteiger partial charge in [0.15, 0.2) is 0 Å². The molecule has 1 saturated carbocycles. The van der Waals surface area contributed by atoms with Crippen molar-refractivity contribution in [2.45, 2.75) is 26.3 Å². The Morgan fingerprint density at radius 2 is 1.90 bits per heavy atom. The number of benzene rings is 1. The highest BCUT2D eigenvalue weighted by Crippen LogP contribution is 2.47. The normalized spacial score (nSPS) is 31.2. The molecule has 1 aromatic carbocycles. The number of ether oxygens (including phenoxy) is 1. The second-order valence-electron chi connectivity index (χ2n) is 6.34. The third-order valence-corrected chi connectivity index (χ3v) is 5.13. The number of carbonyl (C=O) groups is 1. The van der Waals surface area contributed by atoms with Gasteiger partial charge in [-0.3, -0.25) is 4.79 Å². The summed E-state index contributed by atoms with van der Waals surface area (Å²) in [6.07, 6.45) is 5.66. The fraction of sp³-hybridized carbons (Fsp3) is 0.500. The highest BCUT2D eigenvalue weighted by Gasteiger charge is 2.45. The third-order valence-electron chi connectivity index (χ3n) is 5.13. The van der Waals surface area contributed by atoms with Crippen LogP contribution in [0.4, 0.5) is 0 Å². The Hall–Kier alpha value is -1.77. The summed E-state index contributed by atoms with van der Waals surface area (Å²) in [6.45, 7) is 4.24. The van der Waals surface area contributed by atoms with E-state index in [1.807, 2.05) is 31.2 Å². The Morgan fingerprint density at radius 3 is 2.48 bits per heavy atom. The molecule has 1 amide bonds. The summed E-state index contributed by atoms with van der Waals surface area (Å²) in [5.74, 6) is 2.67. The number of hydrogen-bond acceptors (Lipinski definition) is 2. The van der Waals surface area contributed by atoms with Gasteiger partial charge in [-0.15, -0.1) is 0 Å². The van der Waals surface area contributed by atoms with E-state index in [2.05, 4.69) is 24.4 Å². The lowest BCUT2D eigenvalue weighted by Gasteiger charge is -2.26. The Bertz CT molecular complexity index is 549. The molecule has 0 aliphatic heterocycles. The highest BCUT2D eigenvalue weighted by atomic mass is 16.5. The Labute approximate surface area is 126 Å². The molecule has 0 saturated heterocycles. The molecule has 2 aliphatic rings. The van der Waals surface area contributed by atoms with E-state index in [-0.39, 0.29) is 17.9 Å². The molecule has 1 fully saturated rings. The van der Waals surface area contributed by atoms with Crippen LogP contribution in [0.2, 0.25) is 0 Å². The van der Waals surface area contributed by atoms with Crippen LogP contribution in [0, 0.1) is 23.7 Å². The summed E-state index contributed by atoms with van der Waals surface area (Å²) >= 11 is 0. The van der Waals surface area contributed by atoms with Crippen molar-refractivity contribution in [3.8, 4) is 5.75 Å². The molecule has 1 N–H and O–H groups in total. The fourth-order valence-electron chi connectivity index (χ4n) is 3.79. The Kier molecular flexibility index (Phi) is 3.75. The van der Waals surface area contributed by atoms with Crippen LogP contribution in [0.3, 0.4) is 0 Å². The van der Waals surface area contributed by atoms with Crippen molar-refractivity contribution in [2.24, 2.45) is 23.7 Å². The zero-order valence-corrected chi connectivity index (χ0v) is 12.9. The van der Waals surface area contributed by atoms with E-state index in [0.717, 1.165) is 17.7 Å². The van der Waals surface area contributed by atoms with Crippen molar-refractivity contribution >= 4 is 5.91 Å². The van der Waals surface area contributed by atoms with E-state index in [1.165, 1.54) is 0 Å². The number of allylic oxidation sites excluding steroid dienone is 2. The number of carbonyl (C=O) groups excluding carboxylic acids is 1. The number of fused-ring (bicyclic) bond motifs is 2. The molecule has 2 aliphatic carbocycles. The molecule has 0 unspecified atom stereocenters. The van der Waals surface area contributed by atoms with E-state index in [1.54, 1.807) is 7.11 Å². The predicted molar refractivity (Wildman–Crippen MR) is 82.9 cm³/mol. The van der Waals surface area contributed by atoms with E-state index in [4.69, 9.17) is 4.74 Å². The zero-order chi connectivity index (χ0) is 15.0. The van der Waals surface area contributed by atoms with Crippen molar-refractivity contribution in [1.82, 2.24) is 5.32 Å². The van der Waals surface area contributed by atoms with Crippen molar-refractivity contribution in [2.75, 3.05) is 7.11 Å². The smallest absolute Gasteiger partial charge is 0.224 e. The van der Waals surface area contributed by atoms with Crippen molar-refractivity contribution in [3.63, 3.8) is 0 Å². The average molecular weight is 285 g/mol. The molecule has 0 heterocycles. The first kappa shape index (κ1) is 14.2. The van der Waals surface area contributed by atoms with Gasteiger partial charge in [0.2, 0.25) is 5.91 Å². The SMILES string of the molecule is COc1ccc([C@@H](C)NC(=O)[C@@H]2[C@H](C)[C@H]3C=C[C@@H]2C3)cc1. The van der Waals surface area contributed by atoms with Gasteiger partial charge < -0.3 is 10.1 Å². The maximum Gasteiger partial charge on any atom is 0.224 e. The van der Waals surface area contributed by atoms with Gasteiger partial charge in [-0.05, 0) is 48.8 Å². The summed E-state index contributed by atoms with van der Waals surface area (Å²) < 4.78 is 5.16. The highest BCUT2D eigenvalue weighted by molar-refractivity contribution is 5.80. The van der Waals surface area contributed by atoms with E-state index < -0.39 is 0 Å². The quantitative estimate of drug-likeness (QED) is 0.862. The Balaban J connectivity index is 1.65. The molecule has 21 heavy (non-hydrogen) atoms. The second kappa shape index (κ2) is 5.55. The van der Waals surface area contributed by atoms with Crippen LogP contribution in [-0.4, -0.2) is 13.0 Å². The molecular weight excluding hydrogens is 262 g/mol. The maximum absolute atomic E-state index is 12.6. The van der Waals surface area contributed by atoms with Gasteiger partial charge in [0, 0.05) is 5.92 Å². The van der Waals surface area contributed by atoms with Crippen LogP contribution in [0.15, 0.2) is 36.4 Å². The second-order valence-corrected chi connectivity index (χ2v) is 6.34. The van der Waals surface area contributed by atoms with Gasteiger partial charge in [-0.1, -0.05) is 31.2 Å². The molecule has 0 spiro atoms. The van der Waals surface area contributed by atoms with Gasteiger partial charge in [-0.25, -0.2) is 0 Å². The number of amides is 1. The third kappa shape index (κ3) is 2.57. The van der Waals surface area contributed by atoms with Gasteiger partial charge in [0.05, 0.1) is 13.2 Å². The topological polar surface area (TPSA) is 38.3 Å². The van der Waals surface area contributed by atoms with Crippen molar-refractivity contribution in [3.05, 3.63) is 42.0 Å². The van der Waals surface area contributed by atoms with Gasteiger partial charge >= 0.3 is 0 Å². The molecule has 0 aromatic heterocycles. The Morgan fingerprint density at radius 1 is 1.24 bits per heavy atom. The van der Waals surface area contributed by atoms with E-state index in [9.17, 15) is 4.79 Å². The first-order valence-electron chi connectivity index (χ1n) is 7.73. The predicted octanol–water partition coefficient (Wildman–Crippen LogP) is 3.33. The van der Waals surface area contributed by atoms with Gasteiger partial charge in [0.25, 0.3) is 0 Å². The molecule has 1 aromatic rings. The minimum absolute atomic E-state index is 0.0266.